The number of nitrogens with zero attached hydrogens (tertiary/aromatic N) is 1. The Kier molecular flexibility index (Phi) is 5.44. The lowest BCUT2D eigenvalue weighted by molar-refractivity contribution is -0.139. The highest BCUT2D eigenvalue weighted by molar-refractivity contribution is 5.69. The first-order valence-corrected chi connectivity index (χ1v) is 6.19. The third-order valence-corrected chi connectivity index (χ3v) is 2.80. The fourth-order valence-corrected chi connectivity index (χ4v) is 1.69. The van der Waals surface area contributed by atoms with Crippen LogP contribution in [-0.2, 0) is 11.3 Å². The molecule has 0 spiro atoms. The van der Waals surface area contributed by atoms with Gasteiger partial charge in [-0.3, -0.25) is 9.69 Å². The Labute approximate surface area is 117 Å². The number of ether oxygens (including phenoxy) is 1. The predicted octanol–water partition coefficient (Wildman–Crippen LogP) is 2.97. The highest BCUT2D eigenvalue weighted by atomic mass is 19.3. The fraction of sp³-hybridized carbons (Fsp3) is 0.500. The van der Waals surface area contributed by atoms with E-state index in [1.807, 2.05) is 20.8 Å². The van der Waals surface area contributed by atoms with Gasteiger partial charge in [-0.1, -0.05) is 12.1 Å². The molecule has 0 heterocycles. The van der Waals surface area contributed by atoms with Crippen LogP contribution in [0.3, 0.4) is 0 Å². The molecule has 0 aliphatic heterocycles. The quantitative estimate of drug-likeness (QED) is 0.874. The van der Waals surface area contributed by atoms with Crippen LogP contribution in [0, 0.1) is 0 Å². The second-order valence-electron chi connectivity index (χ2n) is 5.44. The summed E-state index contributed by atoms with van der Waals surface area (Å²) in [5.41, 5.74) is 0.527. The summed E-state index contributed by atoms with van der Waals surface area (Å²) in [5.74, 6) is -0.818. The zero-order chi connectivity index (χ0) is 15.3. The van der Waals surface area contributed by atoms with Gasteiger partial charge in [0.25, 0.3) is 0 Å². The molecule has 6 heteroatoms. The average molecular weight is 287 g/mol. The highest BCUT2D eigenvalue weighted by Crippen LogP contribution is 2.20. The zero-order valence-corrected chi connectivity index (χ0v) is 11.8. The molecule has 0 radical (unpaired) electrons. The molecule has 0 amide bonds. The molecule has 0 saturated carbocycles. The largest absolute Gasteiger partial charge is 0.480 e. The minimum atomic E-state index is -2.85. The zero-order valence-electron chi connectivity index (χ0n) is 11.8. The van der Waals surface area contributed by atoms with Crippen LogP contribution in [0.15, 0.2) is 24.3 Å². The number of carboxylic acids is 1. The number of rotatable bonds is 6. The standard InChI is InChI=1S/C14H19F2NO3/c1-14(2,3)17(9-12(18)19)8-10-4-6-11(7-5-10)20-13(15)16/h4-7,13H,8-9H2,1-3H3,(H,18,19). The van der Waals surface area contributed by atoms with E-state index in [0.29, 0.717) is 6.54 Å². The van der Waals surface area contributed by atoms with Gasteiger partial charge in [0.1, 0.15) is 5.75 Å². The van der Waals surface area contributed by atoms with Gasteiger partial charge in [-0.25, -0.2) is 0 Å². The predicted molar refractivity (Wildman–Crippen MR) is 70.9 cm³/mol. The molecule has 1 N–H and O–H groups in total. The second-order valence-corrected chi connectivity index (χ2v) is 5.44. The lowest BCUT2D eigenvalue weighted by atomic mass is 10.0. The van der Waals surface area contributed by atoms with Crippen molar-refractivity contribution in [2.45, 2.75) is 39.5 Å². The molecule has 0 unspecified atom stereocenters. The van der Waals surface area contributed by atoms with Crippen molar-refractivity contribution in [3.8, 4) is 5.75 Å². The van der Waals surface area contributed by atoms with Gasteiger partial charge >= 0.3 is 12.6 Å². The lowest BCUT2D eigenvalue weighted by Gasteiger charge is -2.34. The summed E-state index contributed by atoms with van der Waals surface area (Å²) < 4.78 is 28.3. The number of hydrogen-bond acceptors (Lipinski definition) is 3. The molecule has 112 valence electrons. The number of hydrogen-bond donors (Lipinski definition) is 1. The summed E-state index contributed by atoms with van der Waals surface area (Å²) in [6.07, 6.45) is 0. The Morgan fingerprint density at radius 2 is 1.85 bits per heavy atom. The van der Waals surface area contributed by atoms with Crippen LogP contribution in [0.1, 0.15) is 26.3 Å². The van der Waals surface area contributed by atoms with Gasteiger partial charge in [0.05, 0.1) is 6.54 Å². The summed E-state index contributed by atoms with van der Waals surface area (Å²) in [6, 6.07) is 6.20. The van der Waals surface area contributed by atoms with Gasteiger partial charge in [-0.05, 0) is 38.5 Å². The normalized spacial score (nSPS) is 11.9. The van der Waals surface area contributed by atoms with E-state index in [2.05, 4.69) is 4.74 Å². The van der Waals surface area contributed by atoms with Gasteiger partial charge in [-0.2, -0.15) is 8.78 Å². The van der Waals surface area contributed by atoms with E-state index in [1.165, 1.54) is 12.1 Å². The molecule has 0 saturated heterocycles. The van der Waals surface area contributed by atoms with E-state index >= 15 is 0 Å². The van der Waals surface area contributed by atoms with E-state index in [4.69, 9.17) is 5.11 Å². The summed E-state index contributed by atoms with van der Waals surface area (Å²) in [6.45, 7) is 3.25. The number of benzene rings is 1. The molecule has 0 aliphatic rings. The molecular weight excluding hydrogens is 268 g/mol. The topological polar surface area (TPSA) is 49.8 Å². The Balaban J connectivity index is 2.76. The van der Waals surface area contributed by atoms with Crippen LogP contribution in [0.25, 0.3) is 0 Å². The average Bonchev–Trinajstić information content (AvgIpc) is 2.28. The number of carbonyl (C=O) groups is 1. The van der Waals surface area contributed by atoms with E-state index in [1.54, 1.807) is 17.0 Å². The number of alkyl halides is 2. The molecule has 0 atom stereocenters. The Morgan fingerprint density at radius 1 is 1.30 bits per heavy atom. The van der Waals surface area contributed by atoms with Crippen molar-refractivity contribution in [3.05, 3.63) is 29.8 Å². The third kappa shape index (κ3) is 5.52. The van der Waals surface area contributed by atoms with Gasteiger partial charge in [0, 0.05) is 12.1 Å². The molecule has 1 aromatic rings. The molecule has 20 heavy (non-hydrogen) atoms. The molecule has 0 aliphatic carbocycles. The maximum absolute atomic E-state index is 12.0. The lowest BCUT2D eigenvalue weighted by Crippen LogP contribution is -2.43. The van der Waals surface area contributed by atoms with Crippen molar-refractivity contribution in [1.82, 2.24) is 4.90 Å². The second kappa shape index (κ2) is 6.65. The molecule has 0 bridgehead atoms. The van der Waals surface area contributed by atoms with Gasteiger partial charge in [0.15, 0.2) is 0 Å². The van der Waals surface area contributed by atoms with Crippen molar-refractivity contribution in [2.75, 3.05) is 6.54 Å². The summed E-state index contributed by atoms with van der Waals surface area (Å²) in [7, 11) is 0. The van der Waals surface area contributed by atoms with E-state index < -0.39 is 12.6 Å². The van der Waals surface area contributed by atoms with E-state index in [0.717, 1.165) is 5.56 Å². The SMILES string of the molecule is CC(C)(C)N(CC(=O)O)Cc1ccc(OC(F)F)cc1. The minimum absolute atomic E-state index is 0.0845. The van der Waals surface area contributed by atoms with Crippen LogP contribution < -0.4 is 4.74 Å². The Bertz CT molecular complexity index is 441. The van der Waals surface area contributed by atoms with Crippen LogP contribution in [0.4, 0.5) is 8.78 Å². The molecule has 1 aromatic carbocycles. The molecule has 1 rings (SSSR count). The van der Waals surface area contributed by atoms with Crippen molar-refractivity contribution in [3.63, 3.8) is 0 Å². The number of halogens is 2. The fourth-order valence-electron chi connectivity index (χ4n) is 1.69. The summed E-state index contributed by atoms with van der Waals surface area (Å²) >= 11 is 0. The van der Waals surface area contributed by atoms with Gasteiger partial charge in [0.2, 0.25) is 0 Å². The van der Waals surface area contributed by atoms with E-state index in [-0.39, 0.29) is 17.8 Å². The van der Waals surface area contributed by atoms with Gasteiger partial charge < -0.3 is 9.84 Å². The first-order chi connectivity index (χ1) is 9.18. The molecule has 0 aromatic heterocycles. The third-order valence-electron chi connectivity index (χ3n) is 2.80. The Hall–Kier alpha value is -1.69. The van der Waals surface area contributed by atoms with Crippen molar-refractivity contribution in [2.24, 2.45) is 0 Å². The van der Waals surface area contributed by atoms with Crippen LogP contribution in [-0.4, -0.2) is 34.7 Å². The monoisotopic (exact) mass is 287 g/mol. The smallest absolute Gasteiger partial charge is 0.387 e. The molecule has 4 nitrogen and oxygen atoms in total. The molecule has 0 fully saturated rings. The van der Waals surface area contributed by atoms with Crippen LogP contribution >= 0.6 is 0 Å². The van der Waals surface area contributed by atoms with Crippen LogP contribution in [0.2, 0.25) is 0 Å². The first-order valence-electron chi connectivity index (χ1n) is 6.19. The minimum Gasteiger partial charge on any atom is -0.480 e. The number of aliphatic carboxylic acids is 1. The van der Waals surface area contributed by atoms with Crippen molar-refractivity contribution in [1.29, 1.82) is 0 Å². The Morgan fingerprint density at radius 3 is 2.25 bits per heavy atom. The summed E-state index contributed by atoms with van der Waals surface area (Å²) in [5, 5.41) is 8.92. The summed E-state index contributed by atoms with van der Waals surface area (Å²) in [4.78, 5) is 12.7. The maximum Gasteiger partial charge on any atom is 0.387 e. The number of carboxylic acid groups (broad SMARTS) is 1. The van der Waals surface area contributed by atoms with E-state index in [9.17, 15) is 13.6 Å². The van der Waals surface area contributed by atoms with Crippen molar-refractivity contribution < 1.29 is 23.4 Å². The van der Waals surface area contributed by atoms with Crippen molar-refractivity contribution >= 4 is 5.97 Å². The van der Waals surface area contributed by atoms with Crippen LogP contribution in [0.5, 0.6) is 5.75 Å². The van der Waals surface area contributed by atoms with Gasteiger partial charge in [-0.15, -0.1) is 0 Å². The first kappa shape index (κ1) is 16.4. The molecular formula is C14H19F2NO3. The highest BCUT2D eigenvalue weighted by Gasteiger charge is 2.23. The maximum atomic E-state index is 12.0.